The maximum absolute atomic E-state index is 12.9. The first kappa shape index (κ1) is 17.8. The first-order valence-corrected chi connectivity index (χ1v) is 9.49. The molecule has 1 aromatic carbocycles. The number of hydrogen-bond donors (Lipinski definition) is 0. The van der Waals surface area contributed by atoms with Gasteiger partial charge in [0.05, 0.1) is 22.5 Å². The SMILES string of the molecule is CCCCN1C(=O)C(SCc2ccco2)=C(c2ccc(Cl)cc2)C1=O. The van der Waals surface area contributed by atoms with E-state index in [0.717, 1.165) is 18.6 Å². The van der Waals surface area contributed by atoms with Gasteiger partial charge in [0.1, 0.15) is 5.76 Å². The van der Waals surface area contributed by atoms with E-state index >= 15 is 0 Å². The molecule has 0 atom stereocenters. The summed E-state index contributed by atoms with van der Waals surface area (Å²) in [5, 5.41) is 0.591. The van der Waals surface area contributed by atoms with Gasteiger partial charge in [-0.2, -0.15) is 0 Å². The molecule has 1 aromatic heterocycles. The number of imide groups is 1. The molecule has 130 valence electrons. The molecular formula is C19H18ClNO3S. The van der Waals surface area contributed by atoms with Crippen LogP contribution in [0.1, 0.15) is 31.1 Å². The highest BCUT2D eigenvalue weighted by atomic mass is 35.5. The standard InChI is InChI=1S/C19H18ClNO3S/c1-2-3-10-21-18(22)16(13-6-8-14(20)9-7-13)17(19(21)23)25-12-15-5-4-11-24-15/h4-9,11H,2-3,10,12H2,1H3. The number of benzene rings is 1. The molecule has 0 saturated carbocycles. The van der Waals surface area contributed by atoms with Crippen molar-refractivity contribution >= 4 is 40.8 Å². The second kappa shape index (κ2) is 7.93. The molecule has 2 amide bonds. The average Bonchev–Trinajstić information content (AvgIpc) is 3.20. The third kappa shape index (κ3) is 3.83. The molecule has 0 unspecified atom stereocenters. The third-order valence-electron chi connectivity index (χ3n) is 3.93. The quantitative estimate of drug-likeness (QED) is 0.655. The van der Waals surface area contributed by atoms with Crippen LogP contribution in [0.4, 0.5) is 0 Å². The fraction of sp³-hybridized carbons (Fsp3) is 0.263. The molecule has 0 bridgehead atoms. The van der Waals surface area contributed by atoms with E-state index in [4.69, 9.17) is 16.0 Å². The van der Waals surface area contributed by atoms with E-state index in [2.05, 4.69) is 0 Å². The Morgan fingerprint density at radius 1 is 1.12 bits per heavy atom. The van der Waals surface area contributed by atoms with E-state index in [1.807, 2.05) is 13.0 Å². The normalized spacial score (nSPS) is 14.7. The van der Waals surface area contributed by atoms with Crippen LogP contribution in [-0.2, 0) is 15.3 Å². The van der Waals surface area contributed by atoms with Crippen LogP contribution in [-0.4, -0.2) is 23.3 Å². The summed E-state index contributed by atoms with van der Waals surface area (Å²) in [6, 6.07) is 10.7. The van der Waals surface area contributed by atoms with Crippen molar-refractivity contribution in [1.82, 2.24) is 4.90 Å². The van der Waals surface area contributed by atoms with E-state index in [1.54, 1.807) is 36.6 Å². The van der Waals surface area contributed by atoms with Crippen LogP contribution in [0.25, 0.3) is 5.57 Å². The zero-order valence-electron chi connectivity index (χ0n) is 13.8. The highest BCUT2D eigenvalue weighted by Gasteiger charge is 2.38. The highest BCUT2D eigenvalue weighted by molar-refractivity contribution is 8.03. The Labute approximate surface area is 155 Å². The first-order chi connectivity index (χ1) is 12.1. The average molecular weight is 376 g/mol. The predicted molar refractivity (Wildman–Crippen MR) is 100 cm³/mol. The number of carbonyl (C=O) groups excluding carboxylic acids is 2. The zero-order valence-corrected chi connectivity index (χ0v) is 15.4. The molecule has 0 aliphatic carbocycles. The number of furan rings is 1. The number of rotatable bonds is 7. The number of thioether (sulfide) groups is 1. The van der Waals surface area contributed by atoms with Crippen LogP contribution in [0.15, 0.2) is 52.0 Å². The Morgan fingerprint density at radius 3 is 2.52 bits per heavy atom. The fourth-order valence-corrected chi connectivity index (χ4v) is 3.78. The highest BCUT2D eigenvalue weighted by Crippen LogP contribution is 2.37. The maximum atomic E-state index is 12.9. The van der Waals surface area contributed by atoms with Gasteiger partial charge in [-0.15, -0.1) is 11.8 Å². The van der Waals surface area contributed by atoms with Gasteiger partial charge in [0.25, 0.3) is 11.8 Å². The molecule has 1 aliphatic rings. The van der Waals surface area contributed by atoms with E-state index in [1.165, 1.54) is 16.7 Å². The molecule has 2 heterocycles. The number of halogens is 1. The summed E-state index contributed by atoms with van der Waals surface area (Å²) in [5.74, 6) is 0.808. The fourth-order valence-electron chi connectivity index (χ4n) is 2.62. The van der Waals surface area contributed by atoms with Crippen molar-refractivity contribution in [1.29, 1.82) is 0 Å². The molecule has 0 fully saturated rings. The third-order valence-corrected chi connectivity index (χ3v) is 5.28. The Morgan fingerprint density at radius 2 is 1.88 bits per heavy atom. The topological polar surface area (TPSA) is 50.5 Å². The summed E-state index contributed by atoms with van der Waals surface area (Å²) >= 11 is 7.29. The van der Waals surface area contributed by atoms with Crippen LogP contribution in [0.5, 0.6) is 0 Å². The lowest BCUT2D eigenvalue weighted by atomic mass is 10.1. The smallest absolute Gasteiger partial charge is 0.267 e. The Hall–Kier alpha value is -1.98. The van der Waals surface area contributed by atoms with E-state index < -0.39 is 0 Å². The molecule has 1 aliphatic heterocycles. The van der Waals surface area contributed by atoms with Crippen molar-refractivity contribution in [3.05, 3.63) is 63.9 Å². The number of amides is 2. The van der Waals surface area contributed by atoms with Crippen molar-refractivity contribution in [2.24, 2.45) is 0 Å². The van der Waals surface area contributed by atoms with E-state index in [9.17, 15) is 9.59 Å². The van der Waals surface area contributed by atoms with Gasteiger partial charge < -0.3 is 4.42 Å². The zero-order chi connectivity index (χ0) is 17.8. The van der Waals surface area contributed by atoms with Gasteiger partial charge in [-0.25, -0.2) is 0 Å². The van der Waals surface area contributed by atoms with Crippen LogP contribution in [0.2, 0.25) is 5.02 Å². The van der Waals surface area contributed by atoms with Crippen molar-refractivity contribution in [3.8, 4) is 0 Å². The first-order valence-electron chi connectivity index (χ1n) is 8.13. The Bertz CT molecular complexity index is 797. The number of unbranched alkanes of at least 4 members (excludes halogenated alkanes) is 1. The van der Waals surface area contributed by atoms with Gasteiger partial charge in [-0.1, -0.05) is 37.1 Å². The Balaban J connectivity index is 1.93. The van der Waals surface area contributed by atoms with Crippen LogP contribution >= 0.6 is 23.4 Å². The van der Waals surface area contributed by atoms with Crippen molar-refractivity contribution in [2.75, 3.05) is 6.54 Å². The molecule has 6 heteroatoms. The second-order valence-electron chi connectivity index (χ2n) is 5.69. The summed E-state index contributed by atoms with van der Waals surface area (Å²) in [5.41, 5.74) is 1.16. The Kier molecular flexibility index (Phi) is 5.66. The monoisotopic (exact) mass is 375 g/mol. The molecular weight excluding hydrogens is 358 g/mol. The number of carbonyl (C=O) groups is 2. The van der Waals surface area contributed by atoms with Gasteiger partial charge in [0, 0.05) is 11.6 Å². The van der Waals surface area contributed by atoms with E-state index in [0.29, 0.717) is 33.4 Å². The minimum atomic E-state index is -0.234. The summed E-state index contributed by atoms with van der Waals surface area (Å²) in [4.78, 5) is 27.5. The van der Waals surface area contributed by atoms with Crippen LogP contribution in [0, 0.1) is 0 Å². The molecule has 4 nitrogen and oxygen atoms in total. The maximum Gasteiger partial charge on any atom is 0.267 e. The van der Waals surface area contributed by atoms with Crippen molar-refractivity contribution < 1.29 is 14.0 Å². The molecule has 0 spiro atoms. The van der Waals surface area contributed by atoms with Gasteiger partial charge in [0.15, 0.2) is 0 Å². The molecule has 0 radical (unpaired) electrons. The largest absolute Gasteiger partial charge is 0.468 e. The lowest BCUT2D eigenvalue weighted by Gasteiger charge is -2.14. The molecule has 3 rings (SSSR count). The van der Waals surface area contributed by atoms with Gasteiger partial charge in [-0.05, 0) is 36.2 Å². The lowest BCUT2D eigenvalue weighted by molar-refractivity contribution is -0.136. The van der Waals surface area contributed by atoms with Crippen molar-refractivity contribution in [3.63, 3.8) is 0 Å². The molecule has 2 aromatic rings. The molecule has 25 heavy (non-hydrogen) atoms. The number of nitrogens with zero attached hydrogens (tertiary/aromatic N) is 1. The van der Waals surface area contributed by atoms with E-state index in [-0.39, 0.29) is 11.8 Å². The van der Waals surface area contributed by atoms with Crippen LogP contribution in [0.3, 0.4) is 0 Å². The summed E-state index contributed by atoms with van der Waals surface area (Å²) in [6.07, 6.45) is 3.31. The second-order valence-corrected chi connectivity index (χ2v) is 7.12. The van der Waals surface area contributed by atoms with Gasteiger partial charge in [0.2, 0.25) is 0 Å². The van der Waals surface area contributed by atoms with Crippen molar-refractivity contribution in [2.45, 2.75) is 25.5 Å². The van der Waals surface area contributed by atoms with Gasteiger partial charge in [-0.3, -0.25) is 14.5 Å². The predicted octanol–water partition coefficient (Wildman–Crippen LogP) is 4.75. The minimum absolute atomic E-state index is 0.222. The van der Waals surface area contributed by atoms with Crippen LogP contribution < -0.4 is 0 Å². The summed E-state index contributed by atoms with van der Waals surface area (Å²) in [7, 11) is 0. The van der Waals surface area contributed by atoms with Gasteiger partial charge >= 0.3 is 0 Å². The molecule has 0 saturated heterocycles. The summed E-state index contributed by atoms with van der Waals surface area (Å²) < 4.78 is 5.33. The molecule has 0 N–H and O–H groups in total. The summed E-state index contributed by atoms with van der Waals surface area (Å²) in [6.45, 7) is 2.47. The minimum Gasteiger partial charge on any atom is -0.468 e. The lowest BCUT2D eigenvalue weighted by Crippen LogP contribution is -2.32. The number of hydrogen-bond acceptors (Lipinski definition) is 4.